The molecule has 1 unspecified atom stereocenters. The third kappa shape index (κ3) is 3.52. The molecule has 0 fully saturated rings. The van der Waals surface area contributed by atoms with E-state index in [1.165, 1.54) is 12.1 Å². The molecule has 1 N–H and O–H groups in total. The average Bonchev–Trinajstić information content (AvgIpc) is 3.21. The van der Waals surface area contributed by atoms with E-state index < -0.39 is 30.0 Å². The Morgan fingerprint density at radius 3 is 2.81 bits per heavy atom. The van der Waals surface area contributed by atoms with Gasteiger partial charge in [0, 0.05) is 12.6 Å². The molecule has 0 saturated carbocycles. The van der Waals surface area contributed by atoms with Crippen molar-refractivity contribution in [1.29, 1.82) is 0 Å². The number of furan rings is 1. The van der Waals surface area contributed by atoms with E-state index in [-0.39, 0.29) is 17.4 Å². The smallest absolute Gasteiger partial charge is 0.438 e. The summed E-state index contributed by atoms with van der Waals surface area (Å²) in [4.78, 5) is 12.3. The molecule has 1 aromatic heterocycles. The monoisotopic (exact) mass is 402 g/mol. The highest BCUT2D eigenvalue weighted by atomic mass is 35.5. The van der Waals surface area contributed by atoms with Crippen molar-refractivity contribution in [3.63, 3.8) is 0 Å². The van der Waals surface area contributed by atoms with Crippen molar-refractivity contribution < 1.29 is 32.2 Å². The van der Waals surface area contributed by atoms with Crippen molar-refractivity contribution in [2.24, 2.45) is 5.10 Å². The number of alkyl halides is 3. The third-order valence-corrected chi connectivity index (χ3v) is 4.26. The normalized spacial score (nSPS) is 19.6. The minimum Gasteiger partial charge on any atom is -0.484 e. The lowest BCUT2D eigenvalue weighted by atomic mass is 10.1. The fourth-order valence-electron chi connectivity index (χ4n) is 2.51. The van der Waals surface area contributed by atoms with E-state index in [0.717, 1.165) is 11.8 Å². The highest BCUT2D eigenvalue weighted by Crippen LogP contribution is 2.39. The Labute approximate surface area is 156 Å². The number of nitrogens with zero attached hydrogens (tertiary/aromatic N) is 2. The summed E-state index contributed by atoms with van der Waals surface area (Å²) < 4.78 is 50.0. The summed E-state index contributed by atoms with van der Waals surface area (Å²) in [6.45, 7) is 1.70. The first-order valence-corrected chi connectivity index (χ1v) is 8.14. The summed E-state index contributed by atoms with van der Waals surface area (Å²) in [5.41, 5.74) is -2.62. The molecule has 0 spiro atoms. The first-order chi connectivity index (χ1) is 12.6. The molecule has 2 aromatic rings. The average molecular weight is 403 g/mol. The van der Waals surface area contributed by atoms with Crippen LogP contribution in [0, 0.1) is 6.92 Å². The lowest BCUT2D eigenvalue weighted by molar-refractivity contribution is -0.297. The number of carbonyl (C=O) groups is 1. The predicted molar refractivity (Wildman–Crippen MR) is 89.5 cm³/mol. The van der Waals surface area contributed by atoms with Gasteiger partial charge in [-0.2, -0.15) is 23.3 Å². The van der Waals surface area contributed by atoms with E-state index in [2.05, 4.69) is 5.10 Å². The van der Waals surface area contributed by atoms with Gasteiger partial charge in [-0.05, 0) is 30.7 Å². The molecule has 6 nitrogen and oxygen atoms in total. The summed E-state index contributed by atoms with van der Waals surface area (Å²) in [7, 11) is 0. The van der Waals surface area contributed by atoms with Crippen molar-refractivity contribution in [2.45, 2.75) is 31.9 Å². The largest absolute Gasteiger partial charge is 0.484 e. The van der Waals surface area contributed by atoms with E-state index in [0.29, 0.717) is 10.8 Å². The van der Waals surface area contributed by atoms with Gasteiger partial charge in [0.2, 0.25) is 0 Å². The Morgan fingerprint density at radius 2 is 2.15 bits per heavy atom. The number of aryl methyl sites for hydroxylation is 1. The summed E-state index contributed by atoms with van der Waals surface area (Å²) in [6, 6.07) is 7.76. The number of halogens is 4. The lowest BCUT2D eigenvalue weighted by Crippen LogP contribution is -2.56. The van der Waals surface area contributed by atoms with Crippen molar-refractivity contribution in [3.8, 4) is 5.75 Å². The van der Waals surface area contributed by atoms with Gasteiger partial charge < -0.3 is 14.3 Å². The number of hydrogen-bond donors (Lipinski definition) is 1. The predicted octanol–water partition coefficient (Wildman–Crippen LogP) is 3.90. The minimum absolute atomic E-state index is 0.0331. The highest BCUT2D eigenvalue weighted by Gasteiger charge is 2.61. The summed E-state index contributed by atoms with van der Waals surface area (Å²) in [5, 5.41) is 13.5. The lowest BCUT2D eigenvalue weighted by Gasteiger charge is -2.31. The van der Waals surface area contributed by atoms with Crippen molar-refractivity contribution >= 4 is 23.7 Å². The van der Waals surface area contributed by atoms with Crippen LogP contribution in [0.3, 0.4) is 0 Å². The van der Waals surface area contributed by atoms with Crippen LogP contribution >= 0.6 is 11.6 Å². The van der Waals surface area contributed by atoms with E-state index in [1.54, 1.807) is 25.1 Å². The van der Waals surface area contributed by atoms with Gasteiger partial charge in [-0.15, -0.1) is 0 Å². The van der Waals surface area contributed by atoms with Gasteiger partial charge in [0.15, 0.2) is 5.76 Å². The topological polar surface area (TPSA) is 75.3 Å². The van der Waals surface area contributed by atoms with Crippen molar-refractivity contribution in [3.05, 3.63) is 52.4 Å². The van der Waals surface area contributed by atoms with Crippen LogP contribution in [-0.4, -0.2) is 34.1 Å². The molecule has 3 rings (SSSR count). The number of benzene rings is 1. The number of ether oxygens (including phenoxy) is 1. The summed E-state index contributed by atoms with van der Waals surface area (Å²) >= 11 is 6.05. The number of aliphatic hydroxyl groups is 1. The molecule has 0 radical (unpaired) electrons. The molecule has 1 aliphatic heterocycles. The Bertz CT molecular complexity index is 876. The molecule has 0 aliphatic carbocycles. The second-order valence-corrected chi connectivity index (χ2v) is 6.28. The van der Waals surface area contributed by atoms with Crippen LogP contribution in [0.2, 0.25) is 5.02 Å². The molecule has 2 heterocycles. The second-order valence-electron chi connectivity index (χ2n) is 5.87. The molecule has 1 aromatic carbocycles. The molecule has 144 valence electrons. The number of amides is 1. The maximum absolute atomic E-state index is 13.1. The molecule has 0 bridgehead atoms. The van der Waals surface area contributed by atoms with Crippen LogP contribution in [0.5, 0.6) is 5.75 Å². The number of para-hydroxylation sites is 1. The van der Waals surface area contributed by atoms with Crippen LogP contribution in [0.15, 0.2) is 39.9 Å². The molecule has 0 saturated heterocycles. The number of carbonyl (C=O) groups excluding carboxylic acids is 1. The Hall–Kier alpha value is -2.52. The number of rotatable bonds is 4. The Balaban J connectivity index is 1.74. The maximum atomic E-state index is 13.1. The molecular formula is C17H14ClF3N2O4. The van der Waals surface area contributed by atoms with Crippen molar-refractivity contribution in [1.82, 2.24) is 5.01 Å². The van der Waals surface area contributed by atoms with Crippen LogP contribution in [-0.2, 0) is 6.61 Å². The molecule has 1 aliphatic rings. The highest BCUT2D eigenvalue weighted by molar-refractivity contribution is 6.32. The van der Waals surface area contributed by atoms with Gasteiger partial charge in [0.05, 0.1) is 5.02 Å². The summed E-state index contributed by atoms with van der Waals surface area (Å²) in [5.74, 6) is -1.01. The second kappa shape index (κ2) is 6.90. The molecular weight excluding hydrogens is 389 g/mol. The van der Waals surface area contributed by atoms with Gasteiger partial charge in [0.1, 0.15) is 18.1 Å². The van der Waals surface area contributed by atoms with E-state index in [1.807, 2.05) is 0 Å². The minimum atomic E-state index is -5.07. The molecule has 10 heteroatoms. The first-order valence-electron chi connectivity index (χ1n) is 7.76. The van der Waals surface area contributed by atoms with E-state index in [4.69, 9.17) is 20.8 Å². The van der Waals surface area contributed by atoms with Crippen molar-refractivity contribution in [2.75, 3.05) is 0 Å². The van der Waals surface area contributed by atoms with Gasteiger partial charge in [-0.25, -0.2) is 0 Å². The number of hydrogen-bond acceptors (Lipinski definition) is 5. The van der Waals surface area contributed by atoms with Crippen LogP contribution < -0.4 is 4.74 Å². The Kier molecular flexibility index (Phi) is 4.92. The zero-order valence-corrected chi connectivity index (χ0v) is 14.7. The SMILES string of the molecule is Cc1cccc(Cl)c1OCc1ccc(C(=O)N2N=CCC2(O)C(F)(F)F)o1. The molecule has 1 atom stereocenters. The van der Waals surface area contributed by atoms with Crippen LogP contribution in [0.1, 0.15) is 28.3 Å². The van der Waals surface area contributed by atoms with Gasteiger partial charge in [0.25, 0.3) is 5.72 Å². The third-order valence-electron chi connectivity index (χ3n) is 3.96. The molecule has 27 heavy (non-hydrogen) atoms. The zero-order valence-electron chi connectivity index (χ0n) is 14.0. The van der Waals surface area contributed by atoms with Gasteiger partial charge in [-0.3, -0.25) is 4.79 Å². The fourth-order valence-corrected chi connectivity index (χ4v) is 2.78. The number of hydrazone groups is 1. The quantitative estimate of drug-likeness (QED) is 0.841. The van der Waals surface area contributed by atoms with E-state index in [9.17, 15) is 23.1 Å². The zero-order chi connectivity index (χ0) is 19.8. The fraction of sp³-hybridized carbons (Fsp3) is 0.294. The Morgan fingerprint density at radius 1 is 1.41 bits per heavy atom. The standard InChI is InChI=1S/C17H14ClF3N2O4/c1-10-3-2-4-12(18)14(10)26-9-11-5-6-13(27-11)15(24)23-16(25,7-8-22-23)17(19,20)21/h2-6,8,25H,7,9H2,1H3. The van der Waals surface area contributed by atoms with Crippen LogP contribution in [0.25, 0.3) is 0 Å². The molecule has 1 amide bonds. The maximum Gasteiger partial charge on any atom is 0.438 e. The summed E-state index contributed by atoms with van der Waals surface area (Å²) in [6.07, 6.45) is -5.11. The first kappa shape index (κ1) is 19.2. The van der Waals surface area contributed by atoms with Gasteiger partial charge >= 0.3 is 12.1 Å². The van der Waals surface area contributed by atoms with Gasteiger partial charge in [-0.1, -0.05) is 23.7 Å². The van der Waals surface area contributed by atoms with E-state index >= 15 is 0 Å². The van der Waals surface area contributed by atoms with Crippen LogP contribution in [0.4, 0.5) is 13.2 Å².